The Labute approximate surface area is 128 Å². The Balaban J connectivity index is 2.30. The average molecular weight is 295 g/mol. The first-order valence-corrected chi connectivity index (χ1v) is 7.17. The molecule has 22 heavy (non-hydrogen) atoms. The fraction of sp³-hybridized carbons (Fsp3) is 0.167. The van der Waals surface area contributed by atoms with Gasteiger partial charge in [-0.2, -0.15) is 0 Å². The predicted octanol–water partition coefficient (Wildman–Crippen LogP) is 3.82. The summed E-state index contributed by atoms with van der Waals surface area (Å²) in [6.45, 7) is 2.14. The van der Waals surface area contributed by atoms with Gasteiger partial charge in [-0.3, -0.25) is 4.57 Å². The van der Waals surface area contributed by atoms with E-state index in [1.165, 1.54) is 0 Å². The normalized spacial score (nSPS) is 10.6. The lowest BCUT2D eigenvalue weighted by Gasteiger charge is -2.13. The van der Waals surface area contributed by atoms with Crippen LogP contribution in [0.1, 0.15) is 17.4 Å². The second-order valence-corrected chi connectivity index (χ2v) is 4.82. The van der Waals surface area contributed by atoms with E-state index in [4.69, 9.17) is 9.47 Å². The smallest absolute Gasteiger partial charge is 0.355 e. The number of hydrogen-bond acceptors (Lipinski definition) is 3. The minimum absolute atomic E-state index is 0.340. The molecule has 0 bridgehead atoms. The van der Waals surface area contributed by atoms with Crippen molar-refractivity contribution in [2.75, 3.05) is 13.7 Å². The van der Waals surface area contributed by atoms with Crippen molar-refractivity contribution >= 4 is 16.9 Å². The highest BCUT2D eigenvalue weighted by molar-refractivity contribution is 5.97. The minimum Gasteiger partial charge on any atom is -0.495 e. The molecule has 3 rings (SSSR count). The van der Waals surface area contributed by atoms with E-state index >= 15 is 0 Å². The molecule has 0 radical (unpaired) electrons. The van der Waals surface area contributed by atoms with Gasteiger partial charge in [0.25, 0.3) is 0 Å². The lowest BCUT2D eigenvalue weighted by Crippen LogP contribution is -2.11. The van der Waals surface area contributed by atoms with Crippen molar-refractivity contribution in [2.24, 2.45) is 0 Å². The molecule has 1 aromatic heterocycles. The van der Waals surface area contributed by atoms with Crippen LogP contribution in [0.25, 0.3) is 16.6 Å². The number of nitrogens with zero attached hydrogens (tertiary/aromatic N) is 1. The van der Waals surface area contributed by atoms with Crippen LogP contribution in [-0.4, -0.2) is 24.3 Å². The van der Waals surface area contributed by atoms with Gasteiger partial charge < -0.3 is 9.47 Å². The number of hydrogen-bond donors (Lipinski definition) is 0. The topological polar surface area (TPSA) is 40.5 Å². The van der Waals surface area contributed by atoms with Crippen LogP contribution in [0.5, 0.6) is 5.75 Å². The van der Waals surface area contributed by atoms with Crippen LogP contribution < -0.4 is 4.74 Å². The molecule has 4 heteroatoms. The molecule has 1 heterocycles. The summed E-state index contributed by atoms with van der Waals surface area (Å²) in [7, 11) is 1.62. The number of methoxy groups -OCH3 is 1. The number of esters is 1. The second kappa shape index (κ2) is 5.93. The summed E-state index contributed by atoms with van der Waals surface area (Å²) in [5.41, 5.74) is 2.25. The summed E-state index contributed by atoms with van der Waals surface area (Å²) >= 11 is 0. The van der Waals surface area contributed by atoms with E-state index in [0.717, 1.165) is 16.6 Å². The van der Waals surface area contributed by atoms with Crippen LogP contribution in [0.4, 0.5) is 0 Å². The molecule has 0 fully saturated rings. The zero-order chi connectivity index (χ0) is 15.5. The molecule has 0 aliphatic rings. The largest absolute Gasteiger partial charge is 0.495 e. The number of aromatic nitrogens is 1. The molecule has 0 saturated heterocycles. The Morgan fingerprint density at radius 2 is 1.82 bits per heavy atom. The quantitative estimate of drug-likeness (QED) is 0.687. The molecule has 2 aromatic carbocycles. The van der Waals surface area contributed by atoms with E-state index in [0.29, 0.717) is 18.1 Å². The maximum absolute atomic E-state index is 12.3. The van der Waals surface area contributed by atoms with Crippen molar-refractivity contribution in [3.05, 3.63) is 60.3 Å². The highest BCUT2D eigenvalue weighted by Crippen LogP contribution is 2.30. The van der Waals surface area contributed by atoms with E-state index in [1.807, 2.05) is 59.2 Å². The van der Waals surface area contributed by atoms with Crippen LogP contribution in [0.3, 0.4) is 0 Å². The number of rotatable bonds is 4. The minimum atomic E-state index is -0.343. The van der Waals surface area contributed by atoms with E-state index < -0.39 is 0 Å². The standard InChI is InChI=1S/C18H17NO3/c1-3-22-18(20)16-12-13-8-4-5-9-14(13)19(16)15-10-6-7-11-17(15)21-2/h4-12H,3H2,1-2H3. The van der Waals surface area contributed by atoms with Crippen molar-refractivity contribution in [1.29, 1.82) is 0 Å². The average Bonchev–Trinajstić information content (AvgIpc) is 2.94. The van der Waals surface area contributed by atoms with Crippen molar-refractivity contribution in [2.45, 2.75) is 6.92 Å². The zero-order valence-electron chi connectivity index (χ0n) is 12.6. The predicted molar refractivity (Wildman–Crippen MR) is 85.8 cm³/mol. The van der Waals surface area contributed by atoms with Gasteiger partial charge in [-0.05, 0) is 31.2 Å². The van der Waals surface area contributed by atoms with Crippen LogP contribution in [0.2, 0.25) is 0 Å². The first-order chi connectivity index (χ1) is 10.8. The number of carbonyl (C=O) groups excluding carboxylic acids is 1. The van der Waals surface area contributed by atoms with Crippen molar-refractivity contribution in [3.8, 4) is 11.4 Å². The highest BCUT2D eigenvalue weighted by atomic mass is 16.5. The van der Waals surface area contributed by atoms with Crippen LogP contribution in [-0.2, 0) is 4.74 Å². The third-order valence-corrected chi connectivity index (χ3v) is 3.52. The number of fused-ring (bicyclic) bond motifs is 1. The summed E-state index contributed by atoms with van der Waals surface area (Å²) < 4.78 is 12.5. The lowest BCUT2D eigenvalue weighted by atomic mass is 10.2. The molecule has 4 nitrogen and oxygen atoms in total. The molecule has 3 aromatic rings. The second-order valence-electron chi connectivity index (χ2n) is 4.82. The van der Waals surface area contributed by atoms with E-state index in [9.17, 15) is 4.79 Å². The van der Waals surface area contributed by atoms with E-state index in [1.54, 1.807) is 14.0 Å². The van der Waals surface area contributed by atoms with Gasteiger partial charge in [-0.25, -0.2) is 4.79 Å². The number of ether oxygens (including phenoxy) is 2. The molecular formula is C18H17NO3. The third-order valence-electron chi connectivity index (χ3n) is 3.52. The van der Waals surface area contributed by atoms with E-state index in [-0.39, 0.29) is 5.97 Å². The Bertz CT molecular complexity index is 820. The highest BCUT2D eigenvalue weighted by Gasteiger charge is 2.19. The molecule has 0 spiro atoms. The molecule has 0 atom stereocenters. The fourth-order valence-corrected chi connectivity index (χ4v) is 2.58. The van der Waals surface area contributed by atoms with Crippen LogP contribution >= 0.6 is 0 Å². The Kier molecular flexibility index (Phi) is 3.83. The SMILES string of the molecule is CCOC(=O)c1cc2ccccc2n1-c1ccccc1OC. The van der Waals surface area contributed by atoms with Crippen molar-refractivity contribution in [1.82, 2.24) is 4.57 Å². The fourth-order valence-electron chi connectivity index (χ4n) is 2.58. The molecule has 0 amide bonds. The Morgan fingerprint density at radius 1 is 1.09 bits per heavy atom. The molecule has 112 valence electrons. The van der Waals surface area contributed by atoms with Gasteiger partial charge in [0.1, 0.15) is 11.4 Å². The van der Waals surface area contributed by atoms with Gasteiger partial charge in [0, 0.05) is 5.39 Å². The molecule has 0 aliphatic heterocycles. The summed E-state index contributed by atoms with van der Waals surface area (Å²) in [6.07, 6.45) is 0. The molecule has 0 N–H and O–H groups in total. The lowest BCUT2D eigenvalue weighted by molar-refractivity contribution is 0.0517. The Morgan fingerprint density at radius 3 is 2.59 bits per heavy atom. The summed E-state index contributed by atoms with van der Waals surface area (Å²) in [5.74, 6) is 0.360. The Hall–Kier alpha value is -2.75. The number of carbonyl (C=O) groups is 1. The monoisotopic (exact) mass is 295 g/mol. The molecular weight excluding hydrogens is 278 g/mol. The van der Waals surface area contributed by atoms with Gasteiger partial charge >= 0.3 is 5.97 Å². The zero-order valence-corrected chi connectivity index (χ0v) is 12.6. The van der Waals surface area contributed by atoms with Gasteiger partial charge in [0.2, 0.25) is 0 Å². The van der Waals surface area contributed by atoms with Gasteiger partial charge in [-0.15, -0.1) is 0 Å². The number of para-hydroxylation sites is 3. The molecule has 0 saturated carbocycles. The summed E-state index contributed by atoms with van der Waals surface area (Å²) in [5, 5.41) is 0.983. The maximum Gasteiger partial charge on any atom is 0.355 e. The van der Waals surface area contributed by atoms with E-state index in [2.05, 4.69) is 0 Å². The first kappa shape index (κ1) is 14.2. The number of benzene rings is 2. The van der Waals surface area contributed by atoms with Gasteiger partial charge in [0.05, 0.1) is 24.9 Å². The first-order valence-electron chi connectivity index (χ1n) is 7.17. The molecule has 0 aliphatic carbocycles. The maximum atomic E-state index is 12.3. The third kappa shape index (κ3) is 2.33. The van der Waals surface area contributed by atoms with Crippen LogP contribution in [0.15, 0.2) is 54.6 Å². The van der Waals surface area contributed by atoms with Crippen LogP contribution in [0, 0.1) is 0 Å². The van der Waals surface area contributed by atoms with Gasteiger partial charge in [0.15, 0.2) is 0 Å². The molecule has 0 unspecified atom stereocenters. The summed E-state index contributed by atoms with van der Waals surface area (Å²) in [4.78, 5) is 12.3. The van der Waals surface area contributed by atoms with Gasteiger partial charge in [-0.1, -0.05) is 30.3 Å². The van der Waals surface area contributed by atoms with Crippen molar-refractivity contribution < 1.29 is 14.3 Å². The summed E-state index contributed by atoms with van der Waals surface area (Å²) in [6, 6.07) is 17.3. The van der Waals surface area contributed by atoms with Crippen molar-refractivity contribution in [3.63, 3.8) is 0 Å².